The lowest BCUT2D eigenvalue weighted by Gasteiger charge is -2.05. The minimum Gasteiger partial charge on any atom is -0.343 e. The Bertz CT molecular complexity index is 1000. The summed E-state index contributed by atoms with van der Waals surface area (Å²) in [5.41, 5.74) is 3.63. The first kappa shape index (κ1) is 18.4. The molecule has 0 unspecified atom stereocenters. The van der Waals surface area contributed by atoms with E-state index in [0.29, 0.717) is 10.6 Å². The molecule has 0 saturated heterocycles. The number of benzene rings is 2. The van der Waals surface area contributed by atoms with E-state index in [1.54, 1.807) is 17.6 Å². The van der Waals surface area contributed by atoms with Crippen molar-refractivity contribution in [2.24, 2.45) is 5.10 Å². The number of hydrogen-bond donors (Lipinski definition) is 2. The lowest BCUT2D eigenvalue weighted by molar-refractivity contribution is -0.120. The number of hydrogen-bond acceptors (Lipinski definition) is 4. The predicted octanol–water partition coefficient (Wildman–Crippen LogP) is 4.09. The van der Waals surface area contributed by atoms with Crippen molar-refractivity contribution >= 4 is 62.7 Å². The first-order chi connectivity index (χ1) is 12.5. The van der Waals surface area contributed by atoms with E-state index in [4.69, 9.17) is 23.2 Å². The summed E-state index contributed by atoms with van der Waals surface area (Å²) in [7, 11) is 0. The molecule has 0 aliphatic rings. The van der Waals surface area contributed by atoms with Gasteiger partial charge in [0.15, 0.2) is 0 Å². The summed E-state index contributed by atoms with van der Waals surface area (Å²) in [6, 6.07) is 12.4. The molecule has 2 aromatic carbocycles. The maximum Gasteiger partial charge on any atom is 0.259 e. The molecule has 0 bridgehead atoms. The fraction of sp³-hybridized carbons (Fsp3) is 0.0556. The zero-order valence-corrected chi connectivity index (χ0v) is 15.7. The topological polar surface area (TPSA) is 70.6 Å². The lowest BCUT2D eigenvalue weighted by Crippen LogP contribution is -2.34. The number of thiophene rings is 1. The van der Waals surface area contributed by atoms with Crippen LogP contribution in [0.25, 0.3) is 10.1 Å². The Labute approximate surface area is 163 Å². The normalized spacial score (nSPS) is 11.0. The van der Waals surface area contributed by atoms with Gasteiger partial charge in [0.1, 0.15) is 0 Å². The van der Waals surface area contributed by atoms with E-state index >= 15 is 0 Å². The van der Waals surface area contributed by atoms with Gasteiger partial charge < -0.3 is 5.32 Å². The largest absolute Gasteiger partial charge is 0.343 e. The summed E-state index contributed by atoms with van der Waals surface area (Å²) in [6.45, 7) is -0.208. The molecule has 1 aromatic heterocycles. The highest BCUT2D eigenvalue weighted by Gasteiger charge is 2.09. The van der Waals surface area contributed by atoms with Gasteiger partial charge in [-0.2, -0.15) is 5.10 Å². The van der Waals surface area contributed by atoms with Crippen molar-refractivity contribution < 1.29 is 9.59 Å². The van der Waals surface area contributed by atoms with Crippen LogP contribution >= 0.6 is 34.5 Å². The average molecular weight is 406 g/mol. The number of amides is 2. The fourth-order valence-corrected chi connectivity index (χ4v) is 3.42. The monoisotopic (exact) mass is 405 g/mol. The highest BCUT2D eigenvalue weighted by atomic mass is 35.5. The quantitative estimate of drug-likeness (QED) is 0.495. The zero-order valence-electron chi connectivity index (χ0n) is 13.3. The van der Waals surface area contributed by atoms with Gasteiger partial charge in [-0.05, 0) is 24.3 Å². The van der Waals surface area contributed by atoms with Crippen LogP contribution in [0.15, 0.2) is 52.9 Å². The highest BCUT2D eigenvalue weighted by Crippen LogP contribution is 2.24. The molecule has 0 fully saturated rings. The second-order valence-electron chi connectivity index (χ2n) is 5.29. The Kier molecular flexibility index (Phi) is 5.88. The van der Waals surface area contributed by atoms with Gasteiger partial charge in [-0.1, -0.05) is 41.4 Å². The van der Waals surface area contributed by atoms with Crippen LogP contribution in [-0.2, 0) is 4.79 Å². The third-order valence-corrected chi connectivity index (χ3v) is 5.22. The maximum atomic E-state index is 12.0. The molecule has 5 nitrogen and oxygen atoms in total. The summed E-state index contributed by atoms with van der Waals surface area (Å²) in [4.78, 5) is 23.8. The van der Waals surface area contributed by atoms with Crippen LogP contribution in [0.3, 0.4) is 0 Å². The molecule has 0 aliphatic heterocycles. The summed E-state index contributed by atoms with van der Waals surface area (Å²) < 4.78 is 1.15. The Morgan fingerprint density at radius 1 is 1.12 bits per heavy atom. The molecule has 3 aromatic rings. The van der Waals surface area contributed by atoms with Crippen LogP contribution in [0, 0.1) is 0 Å². The maximum absolute atomic E-state index is 12.0. The molecule has 3 rings (SSSR count). The third kappa shape index (κ3) is 4.40. The molecule has 26 heavy (non-hydrogen) atoms. The second kappa shape index (κ2) is 8.31. The Balaban J connectivity index is 1.52. The van der Waals surface area contributed by atoms with E-state index < -0.39 is 11.8 Å². The molecule has 0 radical (unpaired) electrons. The number of rotatable bonds is 5. The van der Waals surface area contributed by atoms with Crippen molar-refractivity contribution in [2.75, 3.05) is 6.54 Å². The van der Waals surface area contributed by atoms with Gasteiger partial charge >= 0.3 is 0 Å². The average Bonchev–Trinajstić information content (AvgIpc) is 3.05. The third-order valence-electron chi connectivity index (χ3n) is 3.50. The van der Waals surface area contributed by atoms with Crippen molar-refractivity contribution in [3.05, 3.63) is 69.0 Å². The SMILES string of the molecule is O=C(CNC(=O)c1ccc(Cl)c(Cl)c1)NN=Cc1csc2ccccc12. The van der Waals surface area contributed by atoms with Crippen LogP contribution in [0.5, 0.6) is 0 Å². The van der Waals surface area contributed by atoms with Gasteiger partial charge in [0.05, 0.1) is 22.8 Å². The zero-order chi connectivity index (χ0) is 18.5. The standard InChI is InChI=1S/C18H13Cl2N3O2S/c19-14-6-5-11(7-15(14)20)18(25)21-9-17(24)23-22-8-12-10-26-16-4-2-1-3-13(12)16/h1-8,10H,9H2,(H,21,25)(H,23,24). The van der Waals surface area contributed by atoms with Crippen LogP contribution in [0.1, 0.15) is 15.9 Å². The van der Waals surface area contributed by atoms with Gasteiger partial charge in [0, 0.05) is 26.6 Å². The van der Waals surface area contributed by atoms with Crippen molar-refractivity contribution in [2.45, 2.75) is 0 Å². The minimum absolute atomic E-state index is 0.208. The number of hydrazone groups is 1. The molecule has 1 heterocycles. The predicted molar refractivity (Wildman–Crippen MR) is 106 cm³/mol. The highest BCUT2D eigenvalue weighted by molar-refractivity contribution is 7.17. The van der Waals surface area contributed by atoms with Crippen molar-refractivity contribution in [3.8, 4) is 0 Å². The van der Waals surface area contributed by atoms with Crippen LogP contribution in [0.2, 0.25) is 10.0 Å². The van der Waals surface area contributed by atoms with Gasteiger partial charge in [-0.15, -0.1) is 11.3 Å². The van der Waals surface area contributed by atoms with E-state index in [1.165, 1.54) is 18.2 Å². The van der Waals surface area contributed by atoms with Crippen LogP contribution in [-0.4, -0.2) is 24.6 Å². The molecule has 2 N–H and O–H groups in total. The second-order valence-corrected chi connectivity index (χ2v) is 7.02. The Morgan fingerprint density at radius 2 is 1.92 bits per heavy atom. The minimum atomic E-state index is -0.436. The molecular formula is C18H13Cl2N3O2S. The van der Waals surface area contributed by atoms with E-state index in [-0.39, 0.29) is 11.6 Å². The van der Waals surface area contributed by atoms with Gasteiger partial charge in [0.25, 0.3) is 11.8 Å². The van der Waals surface area contributed by atoms with E-state index in [0.717, 1.165) is 15.6 Å². The number of fused-ring (bicyclic) bond motifs is 1. The van der Waals surface area contributed by atoms with Gasteiger partial charge in [-0.3, -0.25) is 9.59 Å². The summed E-state index contributed by atoms with van der Waals surface area (Å²) >= 11 is 13.3. The first-order valence-corrected chi connectivity index (χ1v) is 9.19. The molecule has 0 atom stereocenters. The van der Waals surface area contributed by atoms with Crippen LogP contribution < -0.4 is 10.7 Å². The molecule has 2 amide bonds. The Morgan fingerprint density at radius 3 is 2.73 bits per heavy atom. The van der Waals surface area contributed by atoms with Gasteiger partial charge in [0.2, 0.25) is 0 Å². The number of carbonyl (C=O) groups excluding carboxylic acids is 2. The Hall–Kier alpha value is -2.41. The number of nitrogens with one attached hydrogen (secondary N) is 2. The molecule has 0 aliphatic carbocycles. The molecule has 132 valence electrons. The van der Waals surface area contributed by atoms with Crippen molar-refractivity contribution in [1.29, 1.82) is 0 Å². The van der Waals surface area contributed by atoms with Crippen LogP contribution in [0.4, 0.5) is 0 Å². The van der Waals surface area contributed by atoms with Crippen molar-refractivity contribution in [3.63, 3.8) is 0 Å². The summed E-state index contributed by atoms with van der Waals surface area (Å²) in [5, 5.41) is 10.1. The van der Waals surface area contributed by atoms with E-state index in [9.17, 15) is 9.59 Å². The summed E-state index contributed by atoms with van der Waals surface area (Å²) in [6.07, 6.45) is 1.58. The number of carbonyl (C=O) groups is 2. The first-order valence-electron chi connectivity index (χ1n) is 7.56. The summed E-state index contributed by atoms with van der Waals surface area (Å²) in [5.74, 6) is -0.860. The smallest absolute Gasteiger partial charge is 0.259 e. The molecule has 0 saturated carbocycles. The molecule has 8 heteroatoms. The van der Waals surface area contributed by atoms with E-state index in [2.05, 4.69) is 15.8 Å². The fourth-order valence-electron chi connectivity index (χ4n) is 2.21. The number of nitrogens with zero attached hydrogens (tertiary/aromatic N) is 1. The van der Waals surface area contributed by atoms with Gasteiger partial charge in [-0.25, -0.2) is 5.43 Å². The molecule has 0 spiro atoms. The molecular weight excluding hydrogens is 393 g/mol. The lowest BCUT2D eigenvalue weighted by atomic mass is 10.2. The number of halogens is 2. The van der Waals surface area contributed by atoms with E-state index in [1.807, 2.05) is 29.6 Å². The van der Waals surface area contributed by atoms with Crippen molar-refractivity contribution in [1.82, 2.24) is 10.7 Å².